The molecule has 0 aliphatic heterocycles. The van der Waals surface area contributed by atoms with Crippen molar-refractivity contribution in [3.8, 4) is 5.75 Å². The van der Waals surface area contributed by atoms with Crippen molar-refractivity contribution in [1.29, 1.82) is 0 Å². The van der Waals surface area contributed by atoms with Crippen LogP contribution < -0.4 is 10.1 Å². The van der Waals surface area contributed by atoms with Crippen molar-refractivity contribution in [2.75, 3.05) is 11.9 Å². The van der Waals surface area contributed by atoms with Crippen LogP contribution in [0.15, 0.2) is 59.1 Å². The van der Waals surface area contributed by atoms with Crippen molar-refractivity contribution < 1.29 is 9.53 Å². The second kappa shape index (κ2) is 7.05. The molecule has 0 aliphatic carbocycles. The first-order valence-corrected chi connectivity index (χ1v) is 8.50. The first-order valence-electron chi connectivity index (χ1n) is 7.71. The van der Waals surface area contributed by atoms with E-state index in [1.165, 1.54) is 0 Å². The van der Waals surface area contributed by atoms with Gasteiger partial charge in [0.15, 0.2) is 6.61 Å². The molecule has 0 radical (unpaired) electrons. The van der Waals surface area contributed by atoms with Crippen molar-refractivity contribution in [2.45, 2.75) is 13.8 Å². The van der Waals surface area contributed by atoms with Crippen LogP contribution in [0.2, 0.25) is 0 Å². The van der Waals surface area contributed by atoms with Crippen LogP contribution in [-0.2, 0) is 4.79 Å². The van der Waals surface area contributed by atoms with E-state index in [9.17, 15) is 4.79 Å². The third kappa shape index (κ3) is 3.77. The van der Waals surface area contributed by atoms with E-state index in [1.54, 1.807) is 0 Å². The van der Waals surface area contributed by atoms with E-state index >= 15 is 0 Å². The van der Waals surface area contributed by atoms with Crippen LogP contribution in [0, 0.1) is 13.8 Å². The highest BCUT2D eigenvalue weighted by Gasteiger charge is 2.08. The lowest BCUT2D eigenvalue weighted by Crippen LogP contribution is -2.21. The van der Waals surface area contributed by atoms with E-state index in [0.29, 0.717) is 5.75 Å². The van der Waals surface area contributed by atoms with E-state index in [4.69, 9.17) is 4.74 Å². The molecular weight excluding hydrogens is 366 g/mol. The fourth-order valence-electron chi connectivity index (χ4n) is 2.62. The lowest BCUT2D eigenvalue weighted by atomic mass is 10.1. The van der Waals surface area contributed by atoms with Gasteiger partial charge in [-0.1, -0.05) is 46.3 Å². The molecule has 0 aliphatic rings. The number of hydrogen-bond donors (Lipinski definition) is 1. The van der Waals surface area contributed by atoms with Gasteiger partial charge in [-0.2, -0.15) is 0 Å². The lowest BCUT2D eigenvalue weighted by Gasteiger charge is -2.12. The minimum atomic E-state index is -0.164. The highest BCUT2D eigenvalue weighted by molar-refractivity contribution is 9.10. The van der Waals surface area contributed by atoms with Gasteiger partial charge in [0.05, 0.1) is 0 Å². The molecule has 0 heterocycles. The number of fused-ring (bicyclic) bond motifs is 1. The SMILES string of the molecule is Cc1cccc(C)c1NC(=O)COc1ccc2cc(Br)ccc2c1. The maximum Gasteiger partial charge on any atom is 0.262 e. The first-order chi connectivity index (χ1) is 11.5. The molecule has 0 aromatic heterocycles. The van der Waals surface area contributed by atoms with E-state index in [0.717, 1.165) is 32.1 Å². The summed E-state index contributed by atoms with van der Waals surface area (Å²) in [6, 6.07) is 17.8. The topological polar surface area (TPSA) is 38.3 Å². The fraction of sp³-hybridized carbons (Fsp3) is 0.150. The summed E-state index contributed by atoms with van der Waals surface area (Å²) in [6.45, 7) is 3.94. The summed E-state index contributed by atoms with van der Waals surface area (Å²) in [4.78, 5) is 12.2. The van der Waals surface area contributed by atoms with E-state index in [2.05, 4.69) is 21.2 Å². The molecule has 1 amide bonds. The normalized spacial score (nSPS) is 10.6. The summed E-state index contributed by atoms with van der Waals surface area (Å²) in [5, 5.41) is 5.12. The molecule has 0 saturated heterocycles. The predicted octanol–water partition coefficient (Wildman–Crippen LogP) is 5.24. The maximum atomic E-state index is 12.2. The molecule has 4 heteroatoms. The summed E-state index contributed by atoms with van der Waals surface area (Å²) in [5.74, 6) is 0.518. The molecule has 1 N–H and O–H groups in total. The number of carbonyl (C=O) groups is 1. The molecule has 3 nitrogen and oxygen atoms in total. The van der Waals surface area contributed by atoms with Gasteiger partial charge in [-0.15, -0.1) is 0 Å². The third-order valence-electron chi connectivity index (χ3n) is 3.89. The monoisotopic (exact) mass is 383 g/mol. The van der Waals surface area contributed by atoms with Gasteiger partial charge >= 0.3 is 0 Å². The molecule has 0 fully saturated rings. The van der Waals surface area contributed by atoms with Crippen molar-refractivity contribution in [3.05, 3.63) is 70.2 Å². The second-order valence-corrected chi connectivity index (χ2v) is 6.67. The van der Waals surface area contributed by atoms with Crippen LogP contribution in [-0.4, -0.2) is 12.5 Å². The van der Waals surface area contributed by atoms with Gasteiger partial charge in [-0.05, 0) is 60.0 Å². The first kappa shape index (κ1) is 16.5. The average molecular weight is 384 g/mol. The van der Waals surface area contributed by atoms with Gasteiger partial charge in [0.1, 0.15) is 5.75 Å². The zero-order chi connectivity index (χ0) is 17.1. The highest BCUT2D eigenvalue weighted by atomic mass is 79.9. The van der Waals surface area contributed by atoms with Gasteiger partial charge < -0.3 is 10.1 Å². The van der Waals surface area contributed by atoms with E-state index in [1.807, 2.05) is 68.4 Å². The number of aryl methyl sites for hydroxylation is 2. The van der Waals surface area contributed by atoms with Gasteiger partial charge in [-0.3, -0.25) is 4.79 Å². The Morgan fingerprint density at radius 3 is 2.42 bits per heavy atom. The summed E-state index contributed by atoms with van der Waals surface area (Å²) in [7, 11) is 0. The minimum absolute atomic E-state index is 0.0180. The summed E-state index contributed by atoms with van der Waals surface area (Å²) >= 11 is 3.46. The number of ether oxygens (including phenoxy) is 1. The third-order valence-corrected chi connectivity index (χ3v) is 4.38. The van der Waals surface area contributed by atoms with Crippen molar-refractivity contribution in [1.82, 2.24) is 0 Å². The molecule has 3 aromatic carbocycles. The Morgan fingerprint density at radius 1 is 1.00 bits per heavy atom. The largest absolute Gasteiger partial charge is 0.484 e. The Balaban J connectivity index is 1.67. The predicted molar refractivity (Wildman–Crippen MR) is 102 cm³/mol. The minimum Gasteiger partial charge on any atom is -0.484 e. The number of halogens is 1. The Kier molecular flexibility index (Phi) is 4.86. The maximum absolute atomic E-state index is 12.2. The van der Waals surface area contributed by atoms with E-state index in [-0.39, 0.29) is 12.5 Å². The number of amides is 1. The Labute approximate surface area is 149 Å². The van der Waals surface area contributed by atoms with Crippen molar-refractivity contribution in [3.63, 3.8) is 0 Å². The standard InChI is InChI=1S/C20H18BrNO2/c1-13-4-3-5-14(2)20(13)22-19(23)12-24-18-9-7-15-10-17(21)8-6-16(15)11-18/h3-11H,12H2,1-2H3,(H,22,23). The Morgan fingerprint density at radius 2 is 1.67 bits per heavy atom. The summed E-state index contributed by atoms with van der Waals surface area (Å²) in [6.07, 6.45) is 0. The van der Waals surface area contributed by atoms with Crippen LogP contribution in [0.4, 0.5) is 5.69 Å². The van der Waals surface area contributed by atoms with Crippen molar-refractivity contribution in [2.24, 2.45) is 0 Å². The van der Waals surface area contributed by atoms with E-state index < -0.39 is 0 Å². The van der Waals surface area contributed by atoms with Crippen LogP contribution in [0.5, 0.6) is 5.75 Å². The van der Waals surface area contributed by atoms with Gasteiger partial charge in [-0.25, -0.2) is 0 Å². The van der Waals surface area contributed by atoms with Gasteiger partial charge in [0.25, 0.3) is 5.91 Å². The van der Waals surface area contributed by atoms with Crippen LogP contribution in [0.25, 0.3) is 10.8 Å². The van der Waals surface area contributed by atoms with Gasteiger partial charge in [0.2, 0.25) is 0 Å². The number of para-hydroxylation sites is 1. The molecule has 24 heavy (non-hydrogen) atoms. The van der Waals surface area contributed by atoms with Crippen LogP contribution in [0.3, 0.4) is 0 Å². The number of hydrogen-bond acceptors (Lipinski definition) is 2. The molecule has 3 aromatic rings. The molecular formula is C20H18BrNO2. The van der Waals surface area contributed by atoms with Gasteiger partial charge in [0, 0.05) is 10.2 Å². The number of rotatable bonds is 4. The molecule has 0 atom stereocenters. The molecule has 0 spiro atoms. The molecule has 3 rings (SSSR count). The van der Waals surface area contributed by atoms with Crippen molar-refractivity contribution >= 4 is 38.3 Å². The Hall–Kier alpha value is -2.33. The number of carbonyl (C=O) groups excluding carboxylic acids is 1. The fourth-order valence-corrected chi connectivity index (χ4v) is 3.00. The molecule has 0 unspecified atom stereocenters. The quantitative estimate of drug-likeness (QED) is 0.668. The number of anilines is 1. The van der Waals surface area contributed by atoms with Crippen LogP contribution >= 0.6 is 15.9 Å². The Bertz CT molecular complexity index is 885. The molecule has 122 valence electrons. The summed E-state index contributed by atoms with van der Waals surface area (Å²) < 4.78 is 6.67. The molecule has 0 saturated carbocycles. The zero-order valence-corrected chi connectivity index (χ0v) is 15.2. The highest BCUT2D eigenvalue weighted by Crippen LogP contribution is 2.24. The molecule has 0 bridgehead atoms. The zero-order valence-electron chi connectivity index (χ0n) is 13.6. The summed E-state index contributed by atoms with van der Waals surface area (Å²) in [5.41, 5.74) is 2.94. The average Bonchev–Trinajstić information content (AvgIpc) is 2.56. The van der Waals surface area contributed by atoms with Crippen LogP contribution in [0.1, 0.15) is 11.1 Å². The second-order valence-electron chi connectivity index (χ2n) is 5.76. The number of nitrogens with one attached hydrogen (secondary N) is 1. The smallest absolute Gasteiger partial charge is 0.262 e. The number of benzene rings is 3. The lowest BCUT2D eigenvalue weighted by molar-refractivity contribution is -0.118.